The Balaban J connectivity index is 2.13. The third kappa shape index (κ3) is 4.12. The predicted octanol–water partition coefficient (Wildman–Crippen LogP) is 4.93. The van der Waals surface area contributed by atoms with Crippen LogP contribution in [0.1, 0.15) is 13.8 Å². The third-order valence-corrected chi connectivity index (χ3v) is 3.40. The summed E-state index contributed by atoms with van der Waals surface area (Å²) in [7, 11) is 0. The number of carbonyl (C=O) groups is 1. The topological polar surface area (TPSA) is 38.3 Å². The molecule has 3 nitrogen and oxygen atoms in total. The molecule has 0 radical (unpaired) electrons. The number of hydrogen-bond donors (Lipinski definition) is 1. The number of hydrogen-bond acceptors (Lipinski definition) is 2. The second-order valence-electron chi connectivity index (χ2n) is 5.14. The number of amides is 1. The van der Waals surface area contributed by atoms with Gasteiger partial charge < -0.3 is 10.1 Å². The maximum absolute atomic E-state index is 13.7. The molecule has 0 bridgehead atoms. The smallest absolute Gasteiger partial charge is 0.268 e. The van der Waals surface area contributed by atoms with Gasteiger partial charge in [-0.05, 0) is 56.3 Å². The molecule has 0 atom stereocenters. The molecule has 0 spiro atoms. The SMILES string of the molecule is CC(C)(Oc1ccc(Cl)cc1)C(=O)Nc1cc(Cl)ccc1F. The summed E-state index contributed by atoms with van der Waals surface area (Å²) in [5.74, 6) is -0.584. The standard InChI is InChI=1S/C16H14Cl2FNO2/c1-16(2,22-12-6-3-10(17)4-7-12)15(21)20-14-9-11(18)5-8-13(14)19/h3-9H,1-2H3,(H,20,21). The van der Waals surface area contributed by atoms with Gasteiger partial charge in [0.1, 0.15) is 11.6 Å². The van der Waals surface area contributed by atoms with Crippen molar-refractivity contribution in [2.24, 2.45) is 0 Å². The zero-order chi connectivity index (χ0) is 16.3. The van der Waals surface area contributed by atoms with Crippen molar-refractivity contribution < 1.29 is 13.9 Å². The van der Waals surface area contributed by atoms with Crippen molar-refractivity contribution >= 4 is 34.8 Å². The van der Waals surface area contributed by atoms with Crippen LogP contribution in [0, 0.1) is 5.82 Å². The number of benzene rings is 2. The Morgan fingerprint density at radius 3 is 2.32 bits per heavy atom. The fourth-order valence-electron chi connectivity index (χ4n) is 1.71. The minimum atomic E-state index is -1.21. The van der Waals surface area contributed by atoms with Gasteiger partial charge in [0.25, 0.3) is 5.91 Å². The number of anilines is 1. The van der Waals surface area contributed by atoms with Crippen LogP contribution in [0.15, 0.2) is 42.5 Å². The lowest BCUT2D eigenvalue weighted by atomic mass is 10.1. The van der Waals surface area contributed by atoms with E-state index in [0.29, 0.717) is 15.8 Å². The number of nitrogens with one attached hydrogen (secondary N) is 1. The molecule has 6 heteroatoms. The lowest BCUT2D eigenvalue weighted by Crippen LogP contribution is -2.42. The first-order valence-corrected chi connectivity index (χ1v) is 7.24. The molecular formula is C16H14Cl2FNO2. The van der Waals surface area contributed by atoms with Crippen molar-refractivity contribution in [2.75, 3.05) is 5.32 Å². The van der Waals surface area contributed by atoms with Crippen LogP contribution in [0.5, 0.6) is 5.75 Å². The summed E-state index contributed by atoms with van der Waals surface area (Å²) in [4.78, 5) is 12.3. The van der Waals surface area contributed by atoms with Gasteiger partial charge in [0.05, 0.1) is 5.69 Å². The zero-order valence-corrected chi connectivity index (χ0v) is 13.5. The highest BCUT2D eigenvalue weighted by Crippen LogP contribution is 2.24. The Morgan fingerprint density at radius 2 is 1.68 bits per heavy atom. The van der Waals surface area contributed by atoms with Gasteiger partial charge in [0.2, 0.25) is 0 Å². The molecule has 0 aliphatic carbocycles. The Labute approximate surface area is 138 Å². The van der Waals surface area contributed by atoms with E-state index in [1.807, 2.05) is 0 Å². The maximum atomic E-state index is 13.7. The van der Waals surface area contributed by atoms with E-state index in [-0.39, 0.29) is 5.69 Å². The molecule has 1 N–H and O–H groups in total. The molecule has 0 unspecified atom stereocenters. The molecule has 22 heavy (non-hydrogen) atoms. The van der Waals surface area contributed by atoms with E-state index in [1.165, 1.54) is 18.2 Å². The molecule has 0 saturated carbocycles. The molecule has 0 saturated heterocycles. The van der Waals surface area contributed by atoms with Crippen LogP contribution in [0.2, 0.25) is 10.0 Å². The van der Waals surface area contributed by atoms with Gasteiger partial charge in [-0.15, -0.1) is 0 Å². The molecular weight excluding hydrogens is 328 g/mol. The fraction of sp³-hybridized carbons (Fsp3) is 0.188. The highest BCUT2D eigenvalue weighted by molar-refractivity contribution is 6.31. The Kier molecular flexibility index (Phi) is 4.94. The first kappa shape index (κ1) is 16.6. The number of halogens is 3. The Morgan fingerprint density at radius 1 is 1.09 bits per heavy atom. The van der Waals surface area contributed by atoms with Crippen molar-refractivity contribution in [3.8, 4) is 5.75 Å². The molecule has 0 heterocycles. The lowest BCUT2D eigenvalue weighted by molar-refractivity contribution is -0.128. The zero-order valence-electron chi connectivity index (χ0n) is 12.0. The summed E-state index contributed by atoms with van der Waals surface area (Å²) in [6.07, 6.45) is 0. The van der Waals surface area contributed by atoms with Crippen LogP contribution in [0.4, 0.5) is 10.1 Å². The quantitative estimate of drug-likeness (QED) is 0.856. The molecule has 2 rings (SSSR count). The van der Waals surface area contributed by atoms with E-state index >= 15 is 0 Å². The monoisotopic (exact) mass is 341 g/mol. The Bertz CT molecular complexity index is 687. The van der Waals surface area contributed by atoms with Crippen LogP contribution in [-0.4, -0.2) is 11.5 Å². The normalized spacial score (nSPS) is 11.1. The maximum Gasteiger partial charge on any atom is 0.268 e. The van der Waals surface area contributed by atoms with E-state index in [1.54, 1.807) is 38.1 Å². The molecule has 1 amide bonds. The molecule has 0 aromatic heterocycles. The third-order valence-electron chi connectivity index (χ3n) is 2.91. The van der Waals surface area contributed by atoms with Crippen molar-refractivity contribution in [3.63, 3.8) is 0 Å². The molecule has 2 aromatic rings. The molecule has 0 aliphatic heterocycles. The van der Waals surface area contributed by atoms with E-state index in [2.05, 4.69) is 5.32 Å². The second-order valence-corrected chi connectivity index (χ2v) is 6.02. The molecule has 0 fully saturated rings. The summed E-state index contributed by atoms with van der Waals surface area (Å²) < 4.78 is 19.3. The summed E-state index contributed by atoms with van der Waals surface area (Å²) >= 11 is 11.6. The summed E-state index contributed by atoms with van der Waals surface area (Å²) in [6, 6.07) is 10.5. The Hall–Kier alpha value is -1.78. The van der Waals surface area contributed by atoms with Crippen LogP contribution in [0.3, 0.4) is 0 Å². The van der Waals surface area contributed by atoms with E-state index in [4.69, 9.17) is 27.9 Å². The highest BCUT2D eigenvalue weighted by atomic mass is 35.5. The number of rotatable bonds is 4. The molecule has 116 valence electrons. The molecule has 2 aromatic carbocycles. The van der Waals surface area contributed by atoms with E-state index < -0.39 is 17.3 Å². The summed E-state index contributed by atoms with van der Waals surface area (Å²) in [6.45, 7) is 3.17. The van der Waals surface area contributed by atoms with Crippen molar-refractivity contribution in [3.05, 3.63) is 58.3 Å². The van der Waals surface area contributed by atoms with Gasteiger partial charge in [0.15, 0.2) is 5.60 Å². The van der Waals surface area contributed by atoms with E-state index in [9.17, 15) is 9.18 Å². The van der Waals surface area contributed by atoms with Gasteiger partial charge in [-0.25, -0.2) is 4.39 Å². The summed E-state index contributed by atoms with van der Waals surface area (Å²) in [5, 5.41) is 3.37. The lowest BCUT2D eigenvalue weighted by Gasteiger charge is -2.25. The van der Waals surface area contributed by atoms with Gasteiger partial charge in [0, 0.05) is 10.0 Å². The van der Waals surface area contributed by atoms with Gasteiger partial charge in [-0.2, -0.15) is 0 Å². The predicted molar refractivity (Wildman–Crippen MR) is 86.2 cm³/mol. The first-order valence-electron chi connectivity index (χ1n) is 6.49. The largest absolute Gasteiger partial charge is 0.478 e. The first-order chi connectivity index (χ1) is 10.3. The van der Waals surface area contributed by atoms with E-state index in [0.717, 1.165) is 0 Å². The van der Waals surface area contributed by atoms with Crippen molar-refractivity contribution in [1.29, 1.82) is 0 Å². The highest BCUT2D eigenvalue weighted by Gasteiger charge is 2.30. The fourth-order valence-corrected chi connectivity index (χ4v) is 2.01. The average Bonchev–Trinajstić information content (AvgIpc) is 2.45. The average molecular weight is 342 g/mol. The van der Waals surface area contributed by atoms with Gasteiger partial charge in [-0.1, -0.05) is 23.2 Å². The second kappa shape index (κ2) is 6.55. The van der Waals surface area contributed by atoms with Gasteiger partial charge in [-0.3, -0.25) is 4.79 Å². The van der Waals surface area contributed by atoms with Crippen LogP contribution < -0.4 is 10.1 Å². The minimum absolute atomic E-state index is 0.00489. The van der Waals surface area contributed by atoms with Crippen molar-refractivity contribution in [1.82, 2.24) is 0 Å². The van der Waals surface area contributed by atoms with Gasteiger partial charge >= 0.3 is 0 Å². The van der Waals surface area contributed by atoms with Crippen LogP contribution in [0.25, 0.3) is 0 Å². The van der Waals surface area contributed by atoms with Crippen molar-refractivity contribution in [2.45, 2.75) is 19.4 Å². The molecule has 0 aliphatic rings. The summed E-state index contributed by atoms with van der Waals surface area (Å²) in [5.41, 5.74) is -1.20. The number of ether oxygens (including phenoxy) is 1. The number of carbonyl (C=O) groups excluding carboxylic acids is 1. The minimum Gasteiger partial charge on any atom is -0.478 e. The van der Waals surface area contributed by atoms with Crippen LogP contribution >= 0.6 is 23.2 Å². The van der Waals surface area contributed by atoms with Crippen LogP contribution in [-0.2, 0) is 4.79 Å².